The van der Waals surface area contributed by atoms with Crippen molar-refractivity contribution in [3.63, 3.8) is 0 Å². The van der Waals surface area contributed by atoms with Crippen LogP contribution in [0.3, 0.4) is 0 Å². The standard InChI is InChI=1S/C19H25Cl2N3/c1-14(2)19(21)17(15(3)20)13-23(4)10-11-24(5)18-9-7-6-8-16(18)12-22/h6-9H,10-11,13H2,1-5H3/b17-15+. The molecule has 0 amide bonds. The molecule has 0 unspecified atom stereocenters. The Labute approximate surface area is 155 Å². The first kappa shape index (κ1) is 20.6. The van der Waals surface area contributed by atoms with Gasteiger partial charge in [-0.2, -0.15) is 5.26 Å². The molecule has 3 nitrogen and oxygen atoms in total. The summed E-state index contributed by atoms with van der Waals surface area (Å²) in [5.74, 6) is 0. The van der Waals surface area contributed by atoms with Gasteiger partial charge in [-0.15, -0.1) is 0 Å². The first-order valence-electron chi connectivity index (χ1n) is 7.85. The number of nitrogens with zero attached hydrogens (tertiary/aromatic N) is 3. The fourth-order valence-electron chi connectivity index (χ4n) is 2.32. The molecule has 0 atom stereocenters. The molecule has 0 N–H and O–H groups in total. The number of hydrogen-bond acceptors (Lipinski definition) is 3. The summed E-state index contributed by atoms with van der Waals surface area (Å²) in [5.41, 5.74) is 3.65. The second-order valence-electron chi connectivity index (χ2n) is 6.11. The van der Waals surface area contributed by atoms with Crippen molar-refractivity contribution in [2.45, 2.75) is 20.8 Å². The number of likely N-dealkylation sites (N-methyl/N-ethyl adjacent to an activating group) is 2. The van der Waals surface area contributed by atoms with E-state index in [4.69, 9.17) is 23.2 Å². The van der Waals surface area contributed by atoms with Gasteiger partial charge in [0.25, 0.3) is 0 Å². The Bertz CT molecular complexity index is 663. The fraction of sp³-hybridized carbons (Fsp3) is 0.421. The second kappa shape index (κ2) is 9.74. The number of hydrogen-bond donors (Lipinski definition) is 0. The van der Waals surface area contributed by atoms with Crippen molar-refractivity contribution >= 4 is 28.9 Å². The minimum atomic E-state index is 0.687. The second-order valence-corrected chi connectivity index (χ2v) is 7.06. The highest BCUT2D eigenvalue weighted by molar-refractivity contribution is 6.35. The van der Waals surface area contributed by atoms with Crippen molar-refractivity contribution in [2.24, 2.45) is 0 Å². The Morgan fingerprint density at radius 3 is 2.25 bits per heavy atom. The van der Waals surface area contributed by atoms with Gasteiger partial charge in [0.15, 0.2) is 0 Å². The van der Waals surface area contributed by atoms with Crippen molar-refractivity contribution in [2.75, 3.05) is 38.6 Å². The third-order valence-corrected chi connectivity index (χ3v) is 4.63. The Morgan fingerprint density at radius 2 is 1.71 bits per heavy atom. The molecule has 1 aromatic carbocycles. The van der Waals surface area contributed by atoms with E-state index in [1.807, 2.05) is 59.1 Å². The molecule has 0 radical (unpaired) electrons. The van der Waals surface area contributed by atoms with E-state index in [0.29, 0.717) is 12.1 Å². The summed E-state index contributed by atoms with van der Waals surface area (Å²) in [7, 11) is 4.04. The zero-order valence-corrected chi connectivity index (χ0v) is 16.5. The molecule has 1 rings (SSSR count). The molecule has 0 saturated carbocycles. The predicted octanol–water partition coefficient (Wildman–Crippen LogP) is 4.97. The van der Waals surface area contributed by atoms with Crippen LogP contribution in [-0.4, -0.2) is 38.6 Å². The van der Waals surface area contributed by atoms with Gasteiger partial charge in [0.2, 0.25) is 0 Å². The van der Waals surface area contributed by atoms with Crippen LogP contribution >= 0.6 is 23.2 Å². The summed E-state index contributed by atoms with van der Waals surface area (Å²) in [5, 5.41) is 10.7. The predicted molar refractivity (Wildman–Crippen MR) is 105 cm³/mol. The third kappa shape index (κ3) is 5.87. The van der Waals surface area contributed by atoms with Crippen LogP contribution in [0.1, 0.15) is 26.3 Å². The Morgan fingerprint density at radius 1 is 1.08 bits per heavy atom. The van der Waals surface area contributed by atoms with Gasteiger partial charge in [0, 0.05) is 36.7 Å². The van der Waals surface area contributed by atoms with Gasteiger partial charge in [-0.1, -0.05) is 40.9 Å². The summed E-state index contributed by atoms with van der Waals surface area (Å²) < 4.78 is 0. The van der Waals surface area contributed by atoms with Crippen molar-refractivity contribution in [3.8, 4) is 6.07 Å². The number of nitriles is 1. The van der Waals surface area contributed by atoms with Gasteiger partial charge in [-0.3, -0.25) is 0 Å². The van der Waals surface area contributed by atoms with Crippen molar-refractivity contribution < 1.29 is 0 Å². The smallest absolute Gasteiger partial charge is 0.101 e. The van der Waals surface area contributed by atoms with E-state index in [0.717, 1.165) is 40.0 Å². The van der Waals surface area contributed by atoms with Crippen LogP contribution in [0, 0.1) is 11.3 Å². The van der Waals surface area contributed by atoms with Crippen LogP contribution in [-0.2, 0) is 0 Å². The minimum absolute atomic E-state index is 0.687. The molecule has 24 heavy (non-hydrogen) atoms. The van der Waals surface area contributed by atoms with Crippen LogP contribution in [0.5, 0.6) is 0 Å². The zero-order valence-electron chi connectivity index (χ0n) is 15.0. The third-order valence-electron chi connectivity index (χ3n) is 3.80. The first-order valence-corrected chi connectivity index (χ1v) is 8.61. The van der Waals surface area contributed by atoms with E-state index >= 15 is 0 Å². The number of benzene rings is 1. The Hall–Kier alpha value is -1.47. The van der Waals surface area contributed by atoms with Gasteiger partial charge >= 0.3 is 0 Å². The van der Waals surface area contributed by atoms with E-state index in [2.05, 4.69) is 15.9 Å². The van der Waals surface area contributed by atoms with Crippen molar-refractivity contribution in [1.29, 1.82) is 5.26 Å². The highest BCUT2D eigenvalue weighted by Gasteiger charge is 2.12. The molecule has 0 aromatic heterocycles. The van der Waals surface area contributed by atoms with E-state index < -0.39 is 0 Å². The quantitative estimate of drug-likeness (QED) is 0.638. The lowest BCUT2D eigenvalue weighted by atomic mass is 10.1. The molecular formula is C19H25Cl2N3. The summed E-state index contributed by atoms with van der Waals surface area (Å²) >= 11 is 12.6. The van der Waals surface area contributed by atoms with E-state index in [1.165, 1.54) is 0 Å². The van der Waals surface area contributed by atoms with E-state index in [9.17, 15) is 5.26 Å². The molecule has 0 bridgehead atoms. The monoisotopic (exact) mass is 365 g/mol. The lowest BCUT2D eigenvalue weighted by Gasteiger charge is -2.25. The van der Waals surface area contributed by atoms with Crippen LogP contribution < -0.4 is 4.90 Å². The number of allylic oxidation sites excluding steroid dienone is 2. The maximum Gasteiger partial charge on any atom is 0.101 e. The topological polar surface area (TPSA) is 30.3 Å². The van der Waals surface area contributed by atoms with Gasteiger partial charge in [0.05, 0.1) is 11.3 Å². The van der Waals surface area contributed by atoms with Crippen molar-refractivity contribution in [3.05, 3.63) is 51.0 Å². The van der Waals surface area contributed by atoms with E-state index in [1.54, 1.807) is 0 Å². The highest BCUT2D eigenvalue weighted by Crippen LogP contribution is 2.25. The van der Waals surface area contributed by atoms with Crippen LogP contribution in [0.2, 0.25) is 0 Å². The Kier molecular flexibility index (Phi) is 8.35. The maximum absolute atomic E-state index is 9.21. The molecule has 5 heteroatoms. The first-order chi connectivity index (χ1) is 11.3. The Balaban J connectivity index is 2.72. The molecule has 0 saturated heterocycles. The lowest BCUT2D eigenvalue weighted by molar-refractivity contribution is 0.371. The lowest BCUT2D eigenvalue weighted by Crippen LogP contribution is -2.32. The van der Waals surface area contributed by atoms with Crippen LogP contribution in [0.4, 0.5) is 5.69 Å². The SMILES string of the molecule is CC(C)=C(Cl)/C(CN(C)CCN(C)c1ccccc1C#N)=C(\C)Cl. The maximum atomic E-state index is 9.21. The summed E-state index contributed by atoms with van der Waals surface area (Å²) in [6.07, 6.45) is 0. The molecule has 0 heterocycles. The van der Waals surface area contributed by atoms with Crippen LogP contribution in [0.15, 0.2) is 45.5 Å². The molecule has 0 fully saturated rings. The van der Waals surface area contributed by atoms with Gasteiger partial charge in [0.1, 0.15) is 6.07 Å². The number of para-hydroxylation sites is 1. The average molecular weight is 366 g/mol. The number of anilines is 1. The summed E-state index contributed by atoms with van der Waals surface area (Å²) in [6.45, 7) is 8.15. The zero-order chi connectivity index (χ0) is 18.3. The summed E-state index contributed by atoms with van der Waals surface area (Å²) in [4.78, 5) is 4.27. The number of halogens is 2. The van der Waals surface area contributed by atoms with Crippen LogP contribution in [0.25, 0.3) is 0 Å². The van der Waals surface area contributed by atoms with E-state index in [-0.39, 0.29) is 0 Å². The largest absolute Gasteiger partial charge is 0.372 e. The minimum Gasteiger partial charge on any atom is -0.372 e. The van der Waals surface area contributed by atoms with Gasteiger partial charge in [-0.05, 0) is 45.5 Å². The van der Waals surface area contributed by atoms with Crippen molar-refractivity contribution in [1.82, 2.24) is 4.90 Å². The van der Waals surface area contributed by atoms with Gasteiger partial charge < -0.3 is 9.80 Å². The average Bonchev–Trinajstić information content (AvgIpc) is 2.56. The normalized spacial score (nSPS) is 11.8. The highest BCUT2D eigenvalue weighted by atomic mass is 35.5. The summed E-state index contributed by atoms with van der Waals surface area (Å²) in [6, 6.07) is 9.86. The molecule has 1 aromatic rings. The molecule has 0 aliphatic rings. The molecule has 130 valence electrons. The van der Waals surface area contributed by atoms with Gasteiger partial charge in [-0.25, -0.2) is 0 Å². The fourth-order valence-corrected chi connectivity index (χ4v) is 2.73. The number of rotatable bonds is 7. The molecule has 0 aliphatic heterocycles. The molecule has 0 spiro atoms. The molecular weight excluding hydrogens is 341 g/mol. The molecule has 0 aliphatic carbocycles.